The largest absolute Gasteiger partial charge is 0.477 e. The minimum Gasteiger partial charge on any atom is -0.477 e. The quantitative estimate of drug-likeness (QED) is 0.0404. The van der Waals surface area contributed by atoms with Crippen molar-refractivity contribution in [2.75, 3.05) is 52.9 Å². The first-order chi connectivity index (χ1) is 45.3. The zero-order valence-corrected chi connectivity index (χ0v) is 50.4. The van der Waals surface area contributed by atoms with Gasteiger partial charge in [0.15, 0.2) is 44.0 Å². The number of nitrogens with one attached hydrogen (secondary N) is 1. The fourth-order valence-corrected chi connectivity index (χ4v) is 12.2. The lowest BCUT2D eigenvalue weighted by Gasteiger charge is -2.52. The van der Waals surface area contributed by atoms with Gasteiger partial charge in [-0.25, -0.2) is 4.79 Å². The summed E-state index contributed by atoms with van der Waals surface area (Å²) >= 11 is 0. The molecule has 0 aromatic carbocycles. The monoisotopic (exact) mass is 1410 g/mol. The molecule has 0 saturated carbocycles. The van der Waals surface area contributed by atoms with E-state index in [1.165, 1.54) is 0 Å². The fraction of sp³-hybridized carbons (Fsp3) is 0.962. The minimum atomic E-state index is -3.32. The lowest BCUT2D eigenvalue weighted by atomic mass is 9.92. The van der Waals surface area contributed by atoms with E-state index in [2.05, 4.69) is 5.32 Å². The summed E-state index contributed by atoms with van der Waals surface area (Å²) in [4.78, 5) is 24.7. The lowest BCUT2D eigenvalue weighted by Crippen LogP contribution is -2.70. The van der Waals surface area contributed by atoms with E-state index in [0.29, 0.717) is 0 Å². The zero-order chi connectivity index (χ0) is 70.8. The number of hydrogen-bond acceptors (Lipinski definition) is 42. The second-order valence-electron chi connectivity index (χ2n) is 24.1. The van der Waals surface area contributed by atoms with E-state index in [4.69, 9.17) is 71.1 Å². The van der Waals surface area contributed by atoms with E-state index in [-0.39, 0.29) is 0 Å². The minimum absolute atomic E-state index is 0.896. The average molecular weight is 1410 g/mol. The second-order valence-corrected chi connectivity index (χ2v) is 24.1. The van der Waals surface area contributed by atoms with E-state index >= 15 is 0 Å². The molecule has 8 heterocycles. The number of aliphatic hydroxyl groups excluding tert-OH is 24. The fourth-order valence-electron chi connectivity index (χ4n) is 12.2. The van der Waals surface area contributed by atoms with Crippen LogP contribution in [-0.2, 0) is 80.6 Å². The number of carboxylic acids is 1. The van der Waals surface area contributed by atoms with Gasteiger partial charge in [0, 0.05) is 13.3 Å². The number of hydrogen-bond donors (Lipinski definition) is 27. The van der Waals surface area contributed by atoms with Gasteiger partial charge in [-0.2, -0.15) is 0 Å². The predicted molar refractivity (Wildman–Crippen MR) is 287 cm³/mol. The molecule has 8 aliphatic heterocycles. The van der Waals surface area contributed by atoms with Crippen molar-refractivity contribution in [1.82, 2.24) is 5.32 Å². The lowest BCUT2D eigenvalue weighted by molar-refractivity contribution is -0.411. The van der Waals surface area contributed by atoms with Gasteiger partial charge in [-0.15, -0.1) is 0 Å². The van der Waals surface area contributed by atoms with Gasteiger partial charge < -0.3 is 209 Å². The molecule has 44 heteroatoms. The van der Waals surface area contributed by atoms with Crippen molar-refractivity contribution in [3.05, 3.63) is 0 Å². The Morgan fingerprint density at radius 2 is 0.760 bits per heavy atom. The molecule has 8 saturated heterocycles. The van der Waals surface area contributed by atoms with Gasteiger partial charge in [-0.05, 0) is 0 Å². The normalized spacial score (nSPS) is 50.8. The molecule has 0 aromatic rings. The molecule has 1 amide bonds. The highest BCUT2D eigenvalue weighted by atomic mass is 16.8. The van der Waals surface area contributed by atoms with Gasteiger partial charge in [0.05, 0.1) is 59.0 Å². The number of amides is 1. The molecular weight excluding hydrogens is 1330 g/mol. The van der Waals surface area contributed by atoms with Gasteiger partial charge in [-0.3, -0.25) is 4.79 Å². The van der Waals surface area contributed by atoms with Crippen LogP contribution in [0.2, 0.25) is 0 Å². The van der Waals surface area contributed by atoms with Gasteiger partial charge in [0.25, 0.3) is 5.79 Å². The van der Waals surface area contributed by atoms with Crippen molar-refractivity contribution in [3.8, 4) is 0 Å². The SMILES string of the molecule is CC(=O)N[C@H]1[C@@H](O[C@H]2[C@H](O[C@H]3[C@H](O[C@@H]4O[C@H](CO)[C@@H](O)[C@H](O)[C@H]4O)[C@@H](O)[C@@H](O[C@H]4[C@@H]([C@H](O)CO)O[C@@](O)(C(=O)O)C[C@H]4O)O[C@@H]3CO[C@@H]3O[C@H](CO)[C@@H](O)[C@H](O)[C@H]3O[C@H]3O[C@H](CO)[C@@H](O[C@@H]4O[C@H](CO)[C@H](O)[C@H](O)[C@H]4O)[C@H](O)[C@H]3O)O[C@H](CO)[C@@H](O)[C@@H]2O)O[C@H](CO)[C@@H](O)[C@@H]1O. The van der Waals surface area contributed by atoms with Crippen LogP contribution in [0.1, 0.15) is 13.3 Å². The van der Waals surface area contributed by atoms with Crippen LogP contribution in [0.4, 0.5) is 0 Å². The zero-order valence-electron chi connectivity index (χ0n) is 50.4. The van der Waals surface area contributed by atoms with Crippen molar-refractivity contribution in [2.45, 2.75) is 258 Å². The maximum atomic E-state index is 12.6. The Labute approximate surface area is 541 Å². The van der Waals surface area contributed by atoms with Crippen molar-refractivity contribution in [1.29, 1.82) is 0 Å². The van der Waals surface area contributed by atoms with Gasteiger partial charge in [0.1, 0.15) is 189 Å². The molecule has 0 radical (unpaired) electrons. The molecule has 8 fully saturated rings. The summed E-state index contributed by atoms with van der Waals surface area (Å²) in [6, 6.07) is -1.83. The summed E-state index contributed by atoms with van der Waals surface area (Å²) in [6.07, 6.45) is -84.0. The van der Waals surface area contributed by atoms with Crippen LogP contribution in [0.5, 0.6) is 0 Å². The summed E-state index contributed by atoms with van der Waals surface area (Å²) in [5, 5.41) is 285. The Kier molecular flexibility index (Phi) is 27.7. The van der Waals surface area contributed by atoms with Crippen molar-refractivity contribution < 1.29 is 213 Å². The number of ether oxygens (including phenoxy) is 15. The molecule has 558 valence electrons. The van der Waals surface area contributed by atoms with Crippen molar-refractivity contribution in [2.24, 2.45) is 0 Å². The highest BCUT2D eigenvalue weighted by Gasteiger charge is 2.61. The molecule has 40 atom stereocenters. The van der Waals surface area contributed by atoms with E-state index in [0.717, 1.165) is 6.92 Å². The number of aliphatic hydroxyl groups is 25. The molecule has 27 N–H and O–H groups in total. The number of rotatable bonds is 25. The second kappa shape index (κ2) is 33.6. The Morgan fingerprint density at radius 3 is 1.24 bits per heavy atom. The first-order valence-electron chi connectivity index (χ1n) is 30.2. The standard InChI is InChI=1S/C52H87NO43/c1-11(61)53-21-27(69)22(64)14(4-55)83-44(21)94-43-31(73)26(68)18(8-59)87-50(43)92-40-20(89-48(36(78)41(40)93-46-34(76)29(71)24(66)16(6-57)85-46)90-37-12(62)2-52(81,51(79)80)96-38(37)13(63)3-54)10-82-49-42(30(72)25(67)17(7-58)86-49)95-47-35(77)32(74)39(19(9-60)88-47)91-45-33(75)28(70)23(65)15(5-56)84-45/h12-50,54-60,62-78,81H,2-10H2,1H3,(H,53,61)(H,79,80)/t12-,13-,14-,15-,16-,17-,18-,19-,20-,21-,22-,23+,24-,25-,26-,27-,28+,29+,30+,31+,32-,33-,34-,35-,36-,37-,38-,39-,40-,41-,42-,43-,44-,45+,46+,47-,48-,49-,50+,52-/m1/s1. The maximum Gasteiger partial charge on any atom is 0.364 e. The third-order valence-electron chi connectivity index (χ3n) is 17.6. The molecule has 0 aromatic heterocycles. The Balaban J connectivity index is 1.20. The van der Waals surface area contributed by atoms with E-state index in [9.17, 15) is 142 Å². The Bertz CT molecular complexity index is 2430. The van der Waals surface area contributed by atoms with Crippen molar-refractivity contribution in [3.63, 3.8) is 0 Å². The summed E-state index contributed by atoms with van der Waals surface area (Å²) in [5.74, 6) is -6.34. The molecule has 0 bridgehead atoms. The molecule has 0 unspecified atom stereocenters. The predicted octanol–water partition coefficient (Wildman–Crippen LogP) is -18.5. The molecule has 0 aliphatic carbocycles. The number of carboxylic acid groups (broad SMARTS) is 1. The molecule has 44 nitrogen and oxygen atoms in total. The van der Waals surface area contributed by atoms with Gasteiger partial charge in [-0.1, -0.05) is 0 Å². The molecule has 8 aliphatic rings. The van der Waals surface area contributed by atoms with Gasteiger partial charge >= 0.3 is 5.97 Å². The third-order valence-corrected chi connectivity index (χ3v) is 17.6. The average Bonchev–Trinajstić information content (AvgIpc) is 0.772. The van der Waals surface area contributed by atoms with Crippen LogP contribution in [0.15, 0.2) is 0 Å². The van der Waals surface area contributed by atoms with Crippen LogP contribution in [0.3, 0.4) is 0 Å². The van der Waals surface area contributed by atoms with Crippen LogP contribution < -0.4 is 5.32 Å². The van der Waals surface area contributed by atoms with Crippen LogP contribution in [0.25, 0.3) is 0 Å². The Hall–Kier alpha value is -2.66. The Morgan fingerprint density at radius 1 is 0.406 bits per heavy atom. The molecule has 0 spiro atoms. The number of aliphatic carboxylic acids is 1. The third kappa shape index (κ3) is 16.5. The van der Waals surface area contributed by atoms with E-state index < -0.39 is 316 Å². The number of carbonyl (C=O) groups excluding carboxylic acids is 1. The first kappa shape index (κ1) is 79.0. The van der Waals surface area contributed by atoms with Crippen LogP contribution in [0, 0.1) is 0 Å². The summed E-state index contributed by atoms with van der Waals surface area (Å²) in [7, 11) is 0. The van der Waals surface area contributed by atoms with Crippen LogP contribution >= 0.6 is 0 Å². The van der Waals surface area contributed by atoms with Crippen molar-refractivity contribution >= 4 is 11.9 Å². The molecular formula is C52H87NO43. The molecule has 96 heavy (non-hydrogen) atoms. The first-order valence-corrected chi connectivity index (χ1v) is 30.2. The highest BCUT2D eigenvalue weighted by Crippen LogP contribution is 2.41. The van der Waals surface area contributed by atoms with Crippen LogP contribution in [-0.4, -0.2) is 443 Å². The summed E-state index contributed by atoms with van der Waals surface area (Å²) < 4.78 is 87.8. The van der Waals surface area contributed by atoms with E-state index in [1.54, 1.807) is 0 Å². The highest BCUT2D eigenvalue weighted by molar-refractivity contribution is 5.75. The smallest absolute Gasteiger partial charge is 0.364 e. The van der Waals surface area contributed by atoms with Gasteiger partial charge in [0.2, 0.25) is 5.91 Å². The number of carbonyl (C=O) groups is 2. The topological polar surface area (TPSA) is 711 Å². The molecule has 8 rings (SSSR count). The maximum absolute atomic E-state index is 12.6. The summed E-state index contributed by atoms with van der Waals surface area (Å²) in [6.45, 7) is -8.23. The summed E-state index contributed by atoms with van der Waals surface area (Å²) in [5.41, 5.74) is 0. The van der Waals surface area contributed by atoms with E-state index in [1.807, 2.05) is 0 Å².